The summed E-state index contributed by atoms with van der Waals surface area (Å²) in [6.45, 7) is 7.84. The molecule has 0 radical (unpaired) electrons. The molecule has 1 aromatic carbocycles. The van der Waals surface area contributed by atoms with Gasteiger partial charge in [-0.15, -0.1) is 0 Å². The van der Waals surface area contributed by atoms with E-state index in [-0.39, 0.29) is 10.6 Å². The molecular formula is C13H14BCl2NO2. The summed E-state index contributed by atoms with van der Waals surface area (Å²) in [4.78, 5) is 0. The van der Waals surface area contributed by atoms with Crippen LogP contribution in [-0.2, 0) is 9.31 Å². The molecule has 0 amide bonds. The molecule has 0 saturated carbocycles. The summed E-state index contributed by atoms with van der Waals surface area (Å²) in [5.74, 6) is 0. The second-order valence-electron chi connectivity index (χ2n) is 5.53. The molecule has 19 heavy (non-hydrogen) atoms. The van der Waals surface area contributed by atoms with Crippen LogP contribution in [0.4, 0.5) is 0 Å². The van der Waals surface area contributed by atoms with E-state index in [4.69, 9.17) is 37.8 Å². The van der Waals surface area contributed by atoms with Crippen LogP contribution in [0.3, 0.4) is 0 Å². The maximum absolute atomic E-state index is 9.07. The molecule has 0 spiro atoms. The topological polar surface area (TPSA) is 42.2 Å². The number of nitriles is 1. The standard InChI is InChI=1S/C13H14BCl2NO2/c1-12(2)13(3,4)19-14(18-12)9-5-6-10(15)8(7-17)11(9)16/h5-6H,1-4H3. The second-order valence-corrected chi connectivity index (χ2v) is 6.31. The summed E-state index contributed by atoms with van der Waals surface area (Å²) >= 11 is 12.1. The van der Waals surface area contributed by atoms with Crippen LogP contribution in [0.2, 0.25) is 10.0 Å². The maximum atomic E-state index is 9.07. The van der Waals surface area contributed by atoms with Gasteiger partial charge in [-0.3, -0.25) is 0 Å². The first-order chi connectivity index (χ1) is 8.69. The molecule has 1 fully saturated rings. The molecule has 1 aliphatic heterocycles. The van der Waals surface area contributed by atoms with Crippen molar-refractivity contribution in [2.45, 2.75) is 38.9 Å². The molecule has 1 aliphatic rings. The molecule has 0 unspecified atom stereocenters. The fourth-order valence-corrected chi connectivity index (χ4v) is 2.37. The fourth-order valence-electron chi connectivity index (χ4n) is 1.82. The van der Waals surface area contributed by atoms with Gasteiger partial charge in [0.15, 0.2) is 0 Å². The highest BCUT2D eigenvalue weighted by Gasteiger charge is 2.52. The zero-order chi connectivity index (χ0) is 14.4. The summed E-state index contributed by atoms with van der Waals surface area (Å²) in [5, 5.41) is 9.68. The van der Waals surface area contributed by atoms with Gasteiger partial charge in [-0.2, -0.15) is 5.26 Å². The van der Waals surface area contributed by atoms with E-state index in [1.165, 1.54) is 0 Å². The largest absolute Gasteiger partial charge is 0.496 e. The second kappa shape index (κ2) is 4.68. The van der Waals surface area contributed by atoms with E-state index in [0.717, 1.165) is 0 Å². The van der Waals surface area contributed by atoms with Gasteiger partial charge in [0, 0.05) is 5.46 Å². The Balaban J connectivity index is 2.44. The van der Waals surface area contributed by atoms with Crippen molar-refractivity contribution in [2.24, 2.45) is 0 Å². The smallest absolute Gasteiger partial charge is 0.399 e. The first-order valence-corrected chi connectivity index (χ1v) is 6.69. The summed E-state index contributed by atoms with van der Waals surface area (Å²) in [6.07, 6.45) is 0. The average molecular weight is 298 g/mol. The van der Waals surface area contributed by atoms with Crippen molar-refractivity contribution in [1.29, 1.82) is 5.26 Å². The van der Waals surface area contributed by atoms with E-state index in [2.05, 4.69) is 0 Å². The van der Waals surface area contributed by atoms with E-state index in [0.29, 0.717) is 10.5 Å². The van der Waals surface area contributed by atoms with Crippen LogP contribution in [0.5, 0.6) is 0 Å². The van der Waals surface area contributed by atoms with Gasteiger partial charge in [0.2, 0.25) is 0 Å². The maximum Gasteiger partial charge on any atom is 0.496 e. The van der Waals surface area contributed by atoms with Crippen LogP contribution in [0.1, 0.15) is 33.3 Å². The highest BCUT2D eigenvalue weighted by atomic mass is 35.5. The molecule has 0 atom stereocenters. The first kappa shape index (κ1) is 14.7. The van der Waals surface area contributed by atoms with Crippen LogP contribution in [-0.4, -0.2) is 18.3 Å². The lowest BCUT2D eigenvalue weighted by atomic mass is 9.78. The predicted molar refractivity (Wildman–Crippen MR) is 76.9 cm³/mol. The Hall–Kier alpha value is -0.725. The molecule has 0 N–H and O–H groups in total. The minimum atomic E-state index is -0.595. The van der Waals surface area contributed by atoms with Crippen LogP contribution in [0.15, 0.2) is 12.1 Å². The third kappa shape index (κ3) is 2.37. The molecule has 100 valence electrons. The van der Waals surface area contributed by atoms with E-state index >= 15 is 0 Å². The van der Waals surface area contributed by atoms with Crippen molar-refractivity contribution >= 4 is 35.8 Å². The van der Waals surface area contributed by atoms with Crippen LogP contribution >= 0.6 is 23.2 Å². The van der Waals surface area contributed by atoms with Gasteiger partial charge in [0.05, 0.1) is 26.8 Å². The molecule has 0 aliphatic carbocycles. The monoisotopic (exact) mass is 297 g/mol. The molecule has 1 aromatic rings. The lowest BCUT2D eigenvalue weighted by Gasteiger charge is -2.32. The number of benzene rings is 1. The number of nitrogens with zero attached hydrogens (tertiary/aromatic N) is 1. The highest BCUT2D eigenvalue weighted by molar-refractivity contribution is 6.66. The Bertz CT molecular complexity index is 550. The van der Waals surface area contributed by atoms with Crippen LogP contribution < -0.4 is 5.46 Å². The Labute approximate surface area is 123 Å². The molecule has 0 aromatic heterocycles. The van der Waals surface area contributed by atoms with Crippen molar-refractivity contribution < 1.29 is 9.31 Å². The van der Waals surface area contributed by atoms with Gasteiger partial charge in [0.1, 0.15) is 6.07 Å². The third-order valence-electron chi connectivity index (χ3n) is 3.74. The van der Waals surface area contributed by atoms with E-state index in [1.54, 1.807) is 12.1 Å². The molecule has 1 heterocycles. The average Bonchev–Trinajstić information content (AvgIpc) is 2.48. The molecule has 6 heteroatoms. The third-order valence-corrected chi connectivity index (χ3v) is 4.46. The number of hydrogen-bond acceptors (Lipinski definition) is 3. The number of halogens is 2. The number of rotatable bonds is 1. The molecule has 1 saturated heterocycles. The first-order valence-electron chi connectivity index (χ1n) is 5.93. The van der Waals surface area contributed by atoms with Gasteiger partial charge in [-0.05, 0) is 33.8 Å². The SMILES string of the molecule is CC1(C)OB(c2ccc(Cl)c(C#N)c2Cl)OC1(C)C. The zero-order valence-electron chi connectivity index (χ0n) is 11.3. The van der Waals surface area contributed by atoms with Crippen LogP contribution in [0, 0.1) is 11.3 Å². The van der Waals surface area contributed by atoms with E-state index in [1.807, 2.05) is 33.8 Å². The Morgan fingerprint density at radius 2 is 1.63 bits per heavy atom. The minimum absolute atomic E-state index is 0.246. The van der Waals surface area contributed by atoms with Gasteiger partial charge in [-0.25, -0.2) is 0 Å². The number of hydrogen-bond donors (Lipinski definition) is 0. The summed E-state index contributed by atoms with van der Waals surface area (Å²) in [7, 11) is -0.595. The Kier molecular flexibility index (Phi) is 3.61. The Morgan fingerprint density at radius 1 is 1.11 bits per heavy atom. The van der Waals surface area contributed by atoms with Gasteiger partial charge < -0.3 is 9.31 Å². The van der Waals surface area contributed by atoms with Gasteiger partial charge in [-0.1, -0.05) is 29.3 Å². The molecule has 3 nitrogen and oxygen atoms in total. The lowest BCUT2D eigenvalue weighted by Crippen LogP contribution is -2.41. The summed E-state index contributed by atoms with van der Waals surface area (Å²) in [6, 6.07) is 5.35. The van der Waals surface area contributed by atoms with Crippen molar-refractivity contribution in [3.63, 3.8) is 0 Å². The predicted octanol–water partition coefficient (Wildman–Crippen LogP) is 3.16. The quantitative estimate of drug-likeness (QED) is 0.748. The zero-order valence-corrected chi connectivity index (χ0v) is 12.8. The van der Waals surface area contributed by atoms with Crippen molar-refractivity contribution in [3.05, 3.63) is 27.7 Å². The fraction of sp³-hybridized carbons (Fsp3) is 0.462. The molecular weight excluding hydrogens is 284 g/mol. The summed E-state index contributed by atoms with van der Waals surface area (Å²) < 4.78 is 11.8. The molecule has 2 rings (SSSR count). The highest BCUT2D eigenvalue weighted by Crippen LogP contribution is 2.37. The lowest BCUT2D eigenvalue weighted by molar-refractivity contribution is 0.00578. The normalized spacial score (nSPS) is 20.4. The van der Waals surface area contributed by atoms with E-state index in [9.17, 15) is 0 Å². The van der Waals surface area contributed by atoms with Crippen molar-refractivity contribution in [3.8, 4) is 6.07 Å². The molecule has 0 bridgehead atoms. The summed E-state index contributed by atoms with van der Waals surface area (Å²) in [5.41, 5.74) is -0.0299. The van der Waals surface area contributed by atoms with E-state index < -0.39 is 18.3 Å². The van der Waals surface area contributed by atoms with Crippen molar-refractivity contribution in [1.82, 2.24) is 0 Å². The van der Waals surface area contributed by atoms with Gasteiger partial charge in [0.25, 0.3) is 0 Å². The minimum Gasteiger partial charge on any atom is -0.399 e. The Morgan fingerprint density at radius 3 is 2.11 bits per heavy atom. The van der Waals surface area contributed by atoms with Gasteiger partial charge >= 0.3 is 7.12 Å². The van der Waals surface area contributed by atoms with Crippen molar-refractivity contribution in [2.75, 3.05) is 0 Å². The van der Waals surface area contributed by atoms with Crippen LogP contribution in [0.25, 0.3) is 0 Å².